The van der Waals surface area contributed by atoms with Crippen molar-refractivity contribution in [3.63, 3.8) is 0 Å². The van der Waals surface area contributed by atoms with Crippen molar-refractivity contribution < 1.29 is 23.0 Å². The van der Waals surface area contributed by atoms with Gasteiger partial charge in [0, 0.05) is 25.7 Å². The van der Waals surface area contributed by atoms with Gasteiger partial charge in [0.15, 0.2) is 11.6 Å². The first-order valence-electron chi connectivity index (χ1n) is 13.2. The molecule has 0 bridgehead atoms. The van der Waals surface area contributed by atoms with Crippen LogP contribution in [0.15, 0.2) is 77.0 Å². The number of anilines is 4. The van der Waals surface area contributed by atoms with Crippen molar-refractivity contribution in [1.82, 2.24) is 19.8 Å². The average molecular weight is 624 g/mol. The van der Waals surface area contributed by atoms with Gasteiger partial charge in [-0.1, -0.05) is 29.8 Å². The largest absolute Gasteiger partial charge is 0.497 e. The van der Waals surface area contributed by atoms with E-state index in [1.54, 1.807) is 54.6 Å². The average Bonchev–Trinajstić information content (AvgIpc) is 3.02. The third-order valence-electron chi connectivity index (χ3n) is 6.47. The molecule has 4 aromatic rings. The minimum absolute atomic E-state index is 0.0164. The second-order valence-electron chi connectivity index (χ2n) is 9.24. The fraction of sp³-hybridized carbons (Fsp3) is 0.250. The molecule has 0 spiro atoms. The van der Waals surface area contributed by atoms with Crippen LogP contribution in [0.3, 0.4) is 0 Å². The first-order valence-corrected chi connectivity index (χ1v) is 14.7. The van der Waals surface area contributed by atoms with E-state index in [1.165, 1.54) is 19.2 Å². The predicted molar refractivity (Wildman–Crippen MR) is 164 cm³/mol. The van der Waals surface area contributed by atoms with E-state index in [4.69, 9.17) is 21.1 Å². The van der Waals surface area contributed by atoms with Crippen LogP contribution in [0.1, 0.15) is 10.4 Å². The molecule has 1 aliphatic rings. The van der Waals surface area contributed by atoms with Gasteiger partial charge in [-0.3, -0.25) is 14.2 Å². The number of rotatable bonds is 10. The van der Waals surface area contributed by atoms with Gasteiger partial charge in [-0.15, -0.1) is 0 Å². The molecule has 1 amide bonds. The quantitative estimate of drug-likeness (QED) is 0.144. The summed E-state index contributed by atoms with van der Waals surface area (Å²) in [5.74, 6) is 0.0410. The second-order valence-corrected chi connectivity index (χ2v) is 10.5. The zero-order valence-electron chi connectivity index (χ0n) is 23.1. The number of nitrogens with zero attached hydrogens (tertiary/aromatic N) is 7. The molecule has 1 fully saturated rings. The number of fused-ring (bicyclic) bond motifs is 1. The summed E-state index contributed by atoms with van der Waals surface area (Å²) >= 11 is 3.80. The molecule has 222 valence electrons. The van der Waals surface area contributed by atoms with Gasteiger partial charge in [0.25, 0.3) is 11.3 Å². The summed E-state index contributed by atoms with van der Waals surface area (Å²) in [6.45, 7) is 4.10. The lowest BCUT2D eigenvalue weighted by Gasteiger charge is -2.24. The Labute approximate surface area is 254 Å². The van der Waals surface area contributed by atoms with E-state index < -0.39 is 17.2 Å². The summed E-state index contributed by atoms with van der Waals surface area (Å²) in [5.41, 5.74) is 1.79. The predicted octanol–water partition coefficient (Wildman–Crippen LogP) is 4.75. The lowest BCUT2D eigenvalue weighted by Crippen LogP contribution is -2.37. The van der Waals surface area contributed by atoms with E-state index in [-0.39, 0.29) is 22.9 Å². The molecule has 1 unspecified atom stereocenters. The molecular formula is C28H28ClN8O5S+. The Morgan fingerprint density at radius 1 is 1.14 bits per heavy atom. The van der Waals surface area contributed by atoms with Gasteiger partial charge in [0.05, 0.1) is 53.3 Å². The second kappa shape index (κ2) is 14.2. The number of hydrogen-bond acceptors (Lipinski definition) is 9. The Hall–Kier alpha value is -4.30. The van der Waals surface area contributed by atoms with Crippen molar-refractivity contribution in [3.8, 4) is 5.75 Å². The van der Waals surface area contributed by atoms with Gasteiger partial charge in [-0.25, -0.2) is 18.5 Å². The van der Waals surface area contributed by atoms with Crippen molar-refractivity contribution in [3.05, 3.63) is 77.3 Å². The van der Waals surface area contributed by atoms with Crippen LogP contribution in [0.2, 0.25) is 5.02 Å². The number of para-hydroxylation sites is 2. The molecule has 1 aromatic heterocycles. The summed E-state index contributed by atoms with van der Waals surface area (Å²) in [6.07, 6.45) is 0. The number of amides is 1. The fourth-order valence-corrected chi connectivity index (χ4v) is 5.04. The molecule has 0 radical (unpaired) electrons. The van der Waals surface area contributed by atoms with Gasteiger partial charge in [0.2, 0.25) is 10.0 Å². The SMILES string of the molecule is COc1ccc(Cl)c(Nc2nc3ccccc3nc2N(c2cccc(C(=O)N=[N+]=NCCN3CCOCC3)c2)S(=O)O)c1. The smallest absolute Gasteiger partial charge is 0.360 e. The van der Waals surface area contributed by atoms with Crippen LogP contribution < -0.4 is 19.3 Å². The fourth-order valence-electron chi connectivity index (χ4n) is 4.31. The molecule has 1 aliphatic heterocycles. The molecule has 1 atom stereocenters. The molecule has 13 nitrogen and oxygen atoms in total. The minimum Gasteiger partial charge on any atom is -0.497 e. The van der Waals surface area contributed by atoms with Crippen molar-refractivity contribution >= 4 is 62.8 Å². The van der Waals surface area contributed by atoms with Crippen molar-refractivity contribution in [2.24, 2.45) is 10.2 Å². The van der Waals surface area contributed by atoms with Gasteiger partial charge in [-0.2, -0.15) is 0 Å². The summed E-state index contributed by atoms with van der Waals surface area (Å²) in [6, 6.07) is 18.2. The van der Waals surface area contributed by atoms with Gasteiger partial charge < -0.3 is 14.8 Å². The number of halogens is 1. The van der Waals surface area contributed by atoms with E-state index in [1.807, 2.05) is 0 Å². The van der Waals surface area contributed by atoms with Crippen LogP contribution in [0.5, 0.6) is 5.75 Å². The topological polar surface area (TPSA) is 156 Å². The maximum Gasteiger partial charge on any atom is 0.360 e. The van der Waals surface area contributed by atoms with Gasteiger partial charge in [0.1, 0.15) is 17.4 Å². The number of hydrogen-bond donors (Lipinski definition) is 2. The van der Waals surface area contributed by atoms with Crippen molar-refractivity contribution in [2.75, 3.05) is 56.1 Å². The zero-order chi connectivity index (χ0) is 30.2. The number of methoxy groups -OCH3 is 1. The minimum atomic E-state index is -2.62. The van der Waals surface area contributed by atoms with E-state index in [2.05, 4.69) is 35.3 Å². The lowest BCUT2D eigenvalue weighted by molar-refractivity contribution is 0.0392. The summed E-state index contributed by atoms with van der Waals surface area (Å²) < 4.78 is 34.9. The van der Waals surface area contributed by atoms with Gasteiger partial charge in [-0.05, 0) is 42.5 Å². The maximum atomic E-state index is 12.8. The van der Waals surface area contributed by atoms with Crippen LogP contribution in [0, 0.1) is 0 Å². The molecule has 2 heterocycles. The monoisotopic (exact) mass is 623 g/mol. The Balaban J connectivity index is 1.45. The third-order valence-corrected chi connectivity index (χ3v) is 7.50. The summed E-state index contributed by atoms with van der Waals surface area (Å²) in [7, 11) is 1.53. The molecule has 3 aromatic carbocycles. The van der Waals surface area contributed by atoms with E-state index in [0.29, 0.717) is 53.8 Å². The molecule has 0 saturated carbocycles. The first-order chi connectivity index (χ1) is 20.9. The Kier molecular flexibility index (Phi) is 10.00. The van der Waals surface area contributed by atoms with E-state index >= 15 is 0 Å². The third kappa shape index (κ3) is 7.56. The molecule has 15 heteroatoms. The maximum absolute atomic E-state index is 12.8. The van der Waals surface area contributed by atoms with Crippen LogP contribution in [0.4, 0.5) is 23.0 Å². The Morgan fingerprint density at radius 2 is 1.91 bits per heavy atom. The first kappa shape index (κ1) is 30.2. The van der Waals surface area contributed by atoms with Gasteiger partial charge >= 0.3 is 5.91 Å². The standard InChI is InChI=1S/C28H27ClN8O5S/c1-41-21-9-10-22(29)25(18-21)32-26-27(33-24-8-3-2-7-23(24)31-26)37(43(39)40)20-6-4-5-19(17-20)28(38)34-35-30-11-12-36-13-15-42-16-14-36/h2-10,17-18H,11-16H2,1H3,(H-,31,32,39,40)/p+1. The highest BCUT2D eigenvalue weighted by molar-refractivity contribution is 7.81. The molecule has 5 rings (SSSR count). The summed E-state index contributed by atoms with van der Waals surface area (Å²) in [5, 5.41) is 11.1. The van der Waals surface area contributed by atoms with Crippen LogP contribution in [-0.2, 0) is 16.0 Å². The number of nitrogens with one attached hydrogen (secondary N) is 1. The molecule has 1 saturated heterocycles. The van der Waals surface area contributed by atoms with Crippen LogP contribution >= 0.6 is 11.6 Å². The van der Waals surface area contributed by atoms with Crippen molar-refractivity contribution in [1.29, 1.82) is 0 Å². The number of benzene rings is 3. The highest BCUT2D eigenvalue weighted by Crippen LogP contribution is 2.36. The number of carbonyl (C=O) groups is 1. The number of morpholine rings is 1. The van der Waals surface area contributed by atoms with Crippen LogP contribution in [-0.4, -0.2) is 76.0 Å². The number of ether oxygens (including phenoxy) is 2. The molecule has 43 heavy (non-hydrogen) atoms. The molecular weight excluding hydrogens is 596 g/mol. The van der Waals surface area contributed by atoms with E-state index in [9.17, 15) is 13.6 Å². The number of carbonyl (C=O) groups excluding carboxylic acids is 1. The van der Waals surface area contributed by atoms with Crippen molar-refractivity contribution in [2.45, 2.75) is 0 Å². The lowest BCUT2D eigenvalue weighted by atomic mass is 10.2. The highest BCUT2D eigenvalue weighted by Gasteiger charge is 2.25. The Morgan fingerprint density at radius 3 is 2.65 bits per heavy atom. The normalized spacial score (nSPS) is 14.0. The van der Waals surface area contributed by atoms with E-state index in [0.717, 1.165) is 17.4 Å². The van der Waals surface area contributed by atoms with Crippen LogP contribution in [0.25, 0.3) is 11.0 Å². The summed E-state index contributed by atoms with van der Waals surface area (Å²) in [4.78, 5) is 28.0. The molecule has 2 N–H and O–H groups in total. The number of aromatic nitrogens is 2. The molecule has 0 aliphatic carbocycles. The highest BCUT2D eigenvalue weighted by atomic mass is 35.5. The zero-order valence-corrected chi connectivity index (χ0v) is 24.7. The Bertz CT molecular complexity index is 1710.